The first-order chi connectivity index (χ1) is 8.14. The van der Waals surface area contributed by atoms with Gasteiger partial charge in [0.15, 0.2) is 0 Å². The van der Waals surface area contributed by atoms with Crippen LogP contribution in [-0.2, 0) is 23.7 Å². The molecule has 0 aliphatic carbocycles. The number of hydrogen-bond acceptors (Lipinski definition) is 5. The highest BCUT2D eigenvalue weighted by Gasteiger charge is 2.53. The van der Waals surface area contributed by atoms with Crippen LogP contribution in [0.1, 0.15) is 33.1 Å². The minimum atomic E-state index is -1.19. The molecule has 3 aliphatic heterocycles. The third-order valence-electron chi connectivity index (χ3n) is 3.24. The van der Waals surface area contributed by atoms with Crippen LogP contribution in [0.5, 0.6) is 0 Å². The van der Waals surface area contributed by atoms with E-state index in [0.717, 1.165) is 12.8 Å². The maximum Gasteiger partial charge on any atom is 0.314 e. The average molecular weight is 244 g/mol. The number of rotatable bonds is 5. The highest BCUT2D eigenvalue weighted by atomic mass is 16.9. The number of esters is 1. The number of carbonyl (C=O) groups is 1. The minimum absolute atomic E-state index is 0.00302. The smallest absolute Gasteiger partial charge is 0.314 e. The molecule has 0 saturated carbocycles. The summed E-state index contributed by atoms with van der Waals surface area (Å²) in [6.07, 6.45) is 2.09. The molecule has 0 aromatic heterocycles. The van der Waals surface area contributed by atoms with Gasteiger partial charge in [-0.15, -0.1) is 0 Å². The summed E-state index contributed by atoms with van der Waals surface area (Å²) in [4.78, 5) is 11.4. The Labute approximate surface area is 101 Å². The average Bonchev–Trinajstić information content (AvgIpc) is 2.32. The molecule has 3 rings (SSSR count). The molecule has 5 heteroatoms. The Morgan fingerprint density at radius 3 is 2.24 bits per heavy atom. The quantitative estimate of drug-likeness (QED) is 0.685. The molecular weight excluding hydrogens is 224 g/mol. The summed E-state index contributed by atoms with van der Waals surface area (Å²) in [5, 5.41) is 0. The molecule has 3 heterocycles. The molecule has 5 nitrogen and oxygen atoms in total. The van der Waals surface area contributed by atoms with Crippen LogP contribution >= 0.6 is 0 Å². The van der Waals surface area contributed by atoms with Crippen LogP contribution in [0, 0.1) is 5.41 Å². The van der Waals surface area contributed by atoms with E-state index in [4.69, 9.17) is 18.9 Å². The molecule has 0 spiro atoms. The summed E-state index contributed by atoms with van der Waals surface area (Å²) in [5.41, 5.74) is -0.0227. The van der Waals surface area contributed by atoms with Crippen LogP contribution in [0.3, 0.4) is 0 Å². The van der Waals surface area contributed by atoms with Crippen molar-refractivity contribution in [2.45, 2.75) is 39.1 Å². The molecular formula is C12H20O5. The SMILES string of the molecule is CCCC12COC(CC(=O)OCC)(OC1)OC2. The molecule has 98 valence electrons. The lowest BCUT2D eigenvalue weighted by Gasteiger charge is -2.51. The Morgan fingerprint density at radius 1 is 1.18 bits per heavy atom. The zero-order chi connectivity index (χ0) is 12.4. The number of carbonyl (C=O) groups excluding carboxylic acids is 1. The van der Waals surface area contributed by atoms with Crippen LogP contribution in [0.4, 0.5) is 0 Å². The van der Waals surface area contributed by atoms with Gasteiger partial charge in [0.2, 0.25) is 0 Å². The van der Waals surface area contributed by atoms with Crippen LogP contribution < -0.4 is 0 Å². The van der Waals surface area contributed by atoms with Crippen molar-refractivity contribution >= 4 is 5.97 Å². The van der Waals surface area contributed by atoms with Gasteiger partial charge in [0.1, 0.15) is 6.42 Å². The second-order valence-corrected chi connectivity index (χ2v) is 4.78. The van der Waals surface area contributed by atoms with Crippen molar-refractivity contribution in [1.82, 2.24) is 0 Å². The van der Waals surface area contributed by atoms with Crippen molar-refractivity contribution in [3.05, 3.63) is 0 Å². The summed E-state index contributed by atoms with van der Waals surface area (Å²) in [5.74, 6) is -1.54. The molecule has 3 aliphatic rings. The molecule has 0 radical (unpaired) electrons. The summed E-state index contributed by atoms with van der Waals surface area (Å²) in [6, 6.07) is 0. The Hall–Kier alpha value is -0.650. The topological polar surface area (TPSA) is 54.0 Å². The van der Waals surface area contributed by atoms with Gasteiger partial charge in [-0.3, -0.25) is 4.79 Å². The van der Waals surface area contributed by atoms with Gasteiger partial charge in [0, 0.05) is 5.41 Å². The summed E-state index contributed by atoms with van der Waals surface area (Å²) in [7, 11) is 0. The molecule has 0 atom stereocenters. The Kier molecular flexibility index (Phi) is 3.70. The van der Waals surface area contributed by atoms with Gasteiger partial charge in [0.25, 0.3) is 5.97 Å². The highest BCUT2D eigenvalue weighted by Crippen LogP contribution is 2.42. The highest BCUT2D eigenvalue weighted by molar-refractivity contribution is 5.70. The summed E-state index contributed by atoms with van der Waals surface area (Å²) in [6.45, 7) is 6.05. The third-order valence-corrected chi connectivity index (χ3v) is 3.24. The normalized spacial score (nSPS) is 35.9. The van der Waals surface area contributed by atoms with E-state index in [1.165, 1.54) is 0 Å². The minimum Gasteiger partial charge on any atom is -0.466 e. The van der Waals surface area contributed by atoms with Gasteiger partial charge < -0.3 is 18.9 Å². The number of fused-ring (bicyclic) bond motifs is 3. The van der Waals surface area contributed by atoms with Crippen molar-refractivity contribution in [1.29, 1.82) is 0 Å². The van der Waals surface area contributed by atoms with Crippen molar-refractivity contribution in [2.24, 2.45) is 5.41 Å². The van der Waals surface area contributed by atoms with Gasteiger partial charge in [-0.1, -0.05) is 13.3 Å². The first-order valence-corrected chi connectivity index (χ1v) is 6.21. The first kappa shape index (κ1) is 12.8. The number of hydrogen-bond donors (Lipinski definition) is 0. The maximum atomic E-state index is 11.4. The van der Waals surface area contributed by atoms with E-state index < -0.39 is 5.97 Å². The second-order valence-electron chi connectivity index (χ2n) is 4.78. The second kappa shape index (κ2) is 4.92. The van der Waals surface area contributed by atoms with Crippen molar-refractivity contribution in [2.75, 3.05) is 26.4 Å². The van der Waals surface area contributed by atoms with E-state index in [1.807, 2.05) is 0 Å². The van der Waals surface area contributed by atoms with Crippen LogP contribution in [0.25, 0.3) is 0 Å². The fourth-order valence-corrected chi connectivity index (χ4v) is 2.33. The van der Waals surface area contributed by atoms with Gasteiger partial charge in [-0.25, -0.2) is 0 Å². The first-order valence-electron chi connectivity index (χ1n) is 6.21. The zero-order valence-corrected chi connectivity index (χ0v) is 10.5. The fourth-order valence-electron chi connectivity index (χ4n) is 2.33. The largest absolute Gasteiger partial charge is 0.466 e. The molecule has 0 aromatic carbocycles. The lowest BCUT2D eigenvalue weighted by molar-refractivity contribution is -0.467. The van der Waals surface area contributed by atoms with Crippen LogP contribution in [0.2, 0.25) is 0 Å². The van der Waals surface area contributed by atoms with E-state index in [0.29, 0.717) is 26.4 Å². The Bertz CT molecular complexity index is 264. The lowest BCUT2D eigenvalue weighted by atomic mass is 9.84. The molecule has 2 bridgehead atoms. The molecule has 3 fully saturated rings. The predicted octanol–water partition coefficient (Wildman–Crippen LogP) is 1.46. The van der Waals surface area contributed by atoms with Crippen LogP contribution in [0.15, 0.2) is 0 Å². The number of ether oxygens (including phenoxy) is 4. The summed E-state index contributed by atoms with van der Waals surface area (Å²) >= 11 is 0. The van der Waals surface area contributed by atoms with E-state index in [9.17, 15) is 4.79 Å². The van der Waals surface area contributed by atoms with E-state index in [2.05, 4.69) is 6.92 Å². The van der Waals surface area contributed by atoms with Crippen LogP contribution in [-0.4, -0.2) is 38.4 Å². The van der Waals surface area contributed by atoms with Crippen molar-refractivity contribution < 1.29 is 23.7 Å². The summed E-state index contributed by atoms with van der Waals surface area (Å²) < 4.78 is 21.7. The molecule has 0 amide bonds. The Morgan fingerprint density at radius 2 is 1.76 bits per heavy atom. The molecule has 3 saturated heterocycles. The molecule has 0 aromatic rings. The van der Waals surface area contributed by atoms with Gasteiger partial charge in [-0.05, 0) is 13.3 Å². The predicted molar refractivity (Wildman–Crippen MR) is 59.2 cm³/mol. The van der Waals surface area contributed by atoms with Crippen molar-refractivity contribution in [3.63, 3.8) is 0 Å². The third kappa shape index (κ3) is 2.61. The maximum absolute atomic E-state index is 11.4. The lowest BCUT2D eigenvalue weighted by Crippen LogP contribution is -2.60. The van der Waals surface area contributed by atoms with Gasteiger partial charge in [0.05, 0.1) is 26.4 Å². The van der Waals surface area contributed by atoms with E-state index >= 15 is 0 Å². The van der Waals surface area contributed by atoms with Gasteiger partial charge in [-0.2, -0.15) is 0 Å². The van der Waals surface area contributed by atoms with E-state index in [1.54, 1.807) is 6.92 Å². The van der Waals surface area contributed by atoms with Crippen molar-refractivity contribution in [3.8, 4) is 0 Å². The standard InChI is InChI=1S/C12H20O5/c1-3-5-11-7-15-12(16-8-11,17-9-11)6-10(13)14-4-2/h3-9H2,1-2H3. The van der Waals surface area contributed by atoms with E-state index in [-0.39, 0.29) is 17.8 Å². The van der Waals surface area contributed by atoms with Gasteiger partial charge >= 0.3 is 5.97 Å². The monoisotopic (exact) mass is 244 g/mol. The fraction of sp³-hybridized carbons (Fsp3) is 0.917. The molecule has 0 unspecified atom stereocenters. The molecule has 0 N–H and O–H groups in total. The Balaban J connectivity index is 1.92. The zero-order valence-electron chi connectivity index (χ0n) is 10.5. The molecule has 17 heavy (non-hydrogen) atoms.